The first-order chi connectivity index (χ1) is 14.5. The van der Waals surface area contributed by atoms with Gasteiger partial charge in [-0.1, -0.05) is 30.3 Å². The minimum absolute atomic E-state index is 0.00232. The lowest BCUT2D eigenvalue weighted by atomic mass is 9.96. The highest BCUT2D eigenvalue weighted by molar-refractivity contribution is 6.06. The average Bonchev–Trinajstić information content (AvgIpc) is 3.13. The normalized spacial score (nSPS) is 23.8. The Morgan fingerprint density at radius 3 is 2.53 bits per heavy atom. The van der Waals surface area contributed by atoms with Crippen LogP contribution in [0, 0.1) is 13.8 Å². The summed E-state index contributed by atoms with van der Waals surface area (Å²) in [6.45, 7) is 4.88. The molecule has 0 saturated carbocycles. The summed E-state index contributed by atoms with van der Waals surface area (Å²) in [4.78, 5) is 20.5. The smallest absolute Gasteiger partial charge is 0.252 e. The zero-order valence-electron chi connectivity index (χ0n) is 17.9. The molecule has 3 aromatic rings. The van der Waals surface area contributed by atoms with E-state index in [0.717, 1.165) is 41.8 Å². The van der Waals surface area contributed by atoms with Crippen LogP contribution >= 0.6 is 0 Å². The van der Waals surface area contributed by atoms with Gasteiger partial charge in [-0.2, -0.15) is 5.10 Å². The number of carbonyl (C=O) groups excluding carboxylic acids is 1. The highest BCUT2D eigenvalue weighted by atomic mass is 16.1. The van der Waals surface area contributed by atoms with Crippen LogP contribution in [0.2, 0.25) is 0 Å². The second kappa shape index (κ2) is 7.51. The largest absolute Gasteiger partial charge is 0.349 e. The van der Waals surface area contributed by atoms with Crippen LogP contribution in [-0.4, -0.2) is 43.7 Å². The minimum Gasteiger partial charge on any atom is -0.349 e. The van der Waals surface area contributed by atoms with Gasteiger partial charge >= 0.3 is 0 Å². The number of aryl methyl sites for hydroxylation is 3. The van der Waals surface area contributed by atoms with Crippen LogP contribution < -0.4 is 5.32 Å². The number of piperidine rings is 1. The highest BCUT2D eigenvalue weighted by Crippen LogP contribution is 2.37. The molecule has 0 aliphatic carbocycles. The van der Waals surface area contributed by atoms with E-state index in [1.807, 2.05) is 27.0 Å². The third-order valence-electron chi connectivity index (χ3n) is 6.77. The van der Waals surface area contributed by atoms with Crippen molar-refractivity contribution in [2.75, 3.05) is 0 Å². The third kappa shape index (κ3) is 3.39. The number of carbonyl (C=O) groups is 1. The number of nitrogens with one attached hydrogen (secondary N) is 1. The van der Waals surface area contributed by atoms with Crippen LogP contribution in [-0.2, 0) is 13.6 Å². The zero-order valence-corrected chi connectivity index (χ0v) is 17.9. The maximum Gasteiger partial charge on any atom is 0.252 e. The van der Waals surface area contributed by atoms with E-state index in [4.69, 9.17) is 0 Å². The van der Waals surface area contributed by atoms with Gasteiger partial charge in [0.15, 0.2) is 5.65 Å². The molecular weight excluding hydrogens is 374 g/mol. The van der Waals surface area contributed by atoms with Crippen molar-refractivity contribution in [1.82, 2.24) is 25.0 Å². The van der Waals surface area contributed by atoms with Gasteiger partial charge in [-0.3, -0.25) is 14.4 Å². The van der Waals surface area contributed by atoms with Crippen LogP contribution in [0.3, 0.4) is 0 Å². The second-order valence-corrected chi connectivity index (χ2v) is 8.90. The van der Waals surface area contributed by atoms with Gasteiger partial charge in [0.2, 0.25) is 0 Å². The molecule has 4 heterocycles. The molecule has 6 nitrogen and oxygen atoms in total. The van der Waals surface area contributed by atoms with Crippen molar-refractivity contribution in [3.05, 3.63) is 58.9 Å². The SMILES string of the molecule is Cc1cc(C(=O)NC2CC3CCC(C2)N3Cc2ccccc2)c2c(C)nn(C)c2n1. The van der Waals surface area contributed by atoms with E-state index in [9.17, 15) is 4.79 Å². The van der Waals surface area contributed by atoms with Gasteiger partial charge in [-0.05, 0) is 51.2 Å². The van der Waals surface area contributed by atoms with Crippen molar-refractivity contribution < 1.29 is 4.79 Å². The number of hydrogen-bond acceptors (Lipinski definition) is 4. The molecule has 2 bridgehead atoms. The molecule has 0 spiro atoms. The molecule has 0 radical (unpaired) electrons. The molecule has 5 rings (SSSR count). The van der Waals surface area contributed by atoms with Crippen molar-refractivity contribution in [2.45, 2.75) is 64.2 Å². The van der Waals surface area contributed by atoms with Crippen molar-refractivity contribution >= 4 is 16.9 Å². The standard InChI is InChI=1S/C24H29N5O/c1-15-11-21(22-16(2)27-28(3)23(22)25-15)24(30)26-18-12-19-9-10-20(13-18)29(19)14-17-7-5-4-6-8-17/h4-8,11,18-20H,9-10,12-14H2,1-3H3,(H,26,30). The minimum atomic E-state index is 0.00232. The predicted octanol–water partition coefficient (Wildman–Crippen LogP) is 3.51. The molecule has 1 aromatic carbocycles. The maximum absolute atomic E-state index is 13.3. The number of nitrogens with zero attached hydrogens (tertiary/aromatic N) is 4. The maximum atomic E-state index is 13.3. The van der Waals surface area contributed by atoms with E-state index in [-0.39, 0.29) is 11.9 Å². The average molecular weight is 404 g/mol. The number of hydrogen-bond donors (Lipinski definition) is 1. The Morgan fingerprint density at radius 1 is 1.13 bits per heavy atom. The molecule has 1 amide bonds. The number of amides is 1. The van der Waals surface area contributed by atoms with Crippen LogP contribution in [0.5, 0.6) is 0 Å². The summed E-state index contributed by atoms with van der Waals surface area (Å²) in [6.07, 6.45) is 4.50. The summed E-state index contributed by atoms with van der Waals surface area (Å²) in [5.41, 5.74) is 4.53. The van der Waals surface area contributed by atoms with Gasteiger partial charge in [0.25, 0.3) is 5.91 Å². The zero-order chi connectivity index (χ0) is 20.8. The lowest BCUT2D eigenvalue weighted by Gasteiger charge is -2.39. The molecule has 2 aliphatic heterocycles. The van der Waals surface area contributed by atoms with E-state index < -0.39 is 0 Å². The van der Waals surface area contributed by atoms with Crippen LogP contribution in [0.4, 0.5) is 0 Å². The quantitative estimate of drug-likeness (QED) is 0.724. The molecule has 156 valence electrons. The number of pyridine rings is 1. The number of aromatic nitrogens is 3. The molecule has 2 aliphatic rings. The summed E-state index contributed by atoms with van der Waals surface area (Å²) in [6, 6.07) is 13.9. The van der Waals surface area contributed by atoms with Crippen molar-refractivity contribution in [2.24, 2.45) is 7.05 Å². The molecule has 1 N–H and O–H groups in total. The number of rotatable bonds is 4. The molecule has 2 fully saturated rings. The van der Waals surface area contributed by atoms with Gasteiger partial charge in [-0.25, -0.2) is 4.98 Å². The third-order valence-corrected chi connectivity index (χ3v) is 6.77. The molecule has 2 unspecified atom stereocenters. The fourth-order valence-electron chi connectivity index (χ4n) is 5.46. The molecule has 2 atom stereocenters. The Kier molecular flexibility index (Phi) is 4.82. The Labute approximate surface area is 177 Å². The van der Waals surface area contributed by atoms with E-state index in [2.05, 4.69) is 50.6 Å². The first-order valence-corrected chi connectivity index (χ1v) is 10.9. The summed E-state index contributed by atoms with van der Waals surface area (Å²) in [5.74, 6) is 0.00232. The van der Waals surface area contributed by atoms with E-state index in [1.54, 1.807) is 4.68 Å². The van der Waals surface area contributed by atoms with Gasteiger partial charge in [0, 0.05) is 37.4 Å². The van der Waals surface area contributed by atoms with Gasteiger partial charge in [-0.15, -0.1) is 0 Å². The van der Waals surface area contributed by atoms with Crippen molar-refractivity contribution in [3.8, 4) is 0 Å². The predicted molar refractivity (Wildman–Crippen MR) is 117 cm³/mol. The second-order valence-electron chi connectivity index (χ2n) is 8.90. The Morgan fingerprint density at radius 2 is 1.83 bits per heavy atom. The molecule has 2 aromatic heterocycles. The lowest BCUT2D eigenvalue weighted by molar-refractivity contribution is 0.0829. The molecule has 2 saturated heterocycles. The van der Waals surface area contributed by atoms with Gasteiger partial charge in [0.05, 0.1) is 16.6 Å². The molecule has 30 heavy (non-hydrogen) atoms. The summed E-state index contributed by atoms with van der Waals surface area (Å²) < 4.78 is 1.76. The van der Waals surface area contributed by atoms with Gasteiger partial charge < -0.3 is 5.32 Å². The van der Waals surface area contributed by atoms with Gasteiger partial charge in [0.1, 0.15) is 0 Å². The van der Waals surface area contributed by atoms with Crippen LogP contribution in [0.15, 0.2) is 36.4 Å². The fourth-order valence-corrected chi connectivity index (χ4v) is 5.46. The monoisotopic (exact) mass is 403 g/mol. The Bertz CT molecular complexity index is 1080. The van der Waals surface area contributed by atoms with Crippen LogP contribution in [0.25, 0.3) is 11.0 Å². The van der Waals surface area contributed by atoms with E-state index in [0.29, 0.717) is 17.6 Å². The molecular formula is C24H29N5O. The lowest BCUT2D eigenvalue weighted by Crippen LogP contribution is -2.50. The highest BCUT2D eigenvalue weighted by Gasteiger charge is 2.41. The molecule has 6 heteroatoms. The fraction of sp³-hybridized carbons (Fsp3) is 0.458. The van der Waals surface area contributed by atoms with E-state index in [1.165, 1.54) is 18.4 Å². The summed E-state index contributed by atoms with van der Waals surface area (Å²) in [5, 5.41) is 8.68. The van der Waals surface area contributed by atoms with Crippen LogP contribution in [0.1, 0.15) is 53.0 Å². The Hall–Kier alpha value is -2.73. The topological polar surface area (TPSA) is 63.1 Å². The number of benzene rings is 1. The first-order valence-electron chi connectivity index (χ1n) is 10.9. The number of fused-ring (bicyclic) bond motifs is 3. The van der Waals surface area contributed by atoms with E-state index >= 15 is 0 Å². The van der Waals surface area contributed by atoms with Crippen molar-refractivity contribution in [1.29, 1.82) is 0 Å². The first kappa shape index (κ1) is 19.2. The summed E-state index contributed by atoms with van der Waals surface area (Å²) in [7, 11) is 1.88. The Balaban J connectivity index is 1.32. The summed E-state index contributed by atoms with van der Waals surface area (Å²) >= 11 is 0. The van der Waals surface area contributed by atoms with Crippen molar-refractivity contribution in [3.63, 3.8) is 0 Å².